The van der Waals surface area contributed by atoms with Gasteiger partial charge in [0.25, 0.3) is 0 Å². The van der Waals surface area contributed by atoms with Crippen molar-refractivity contribution in [1.29, 1.82) is 0 Å². The Labute approximate surface area is 203 Å². The van der Waals surface area contributed by atoms with Crippen LogP contribution >= 0.6 is 0 Å². The topological polar surface area (TPSA) is 59.8 Å². The Balaban J connectivity index is 1.96. The lowest BCUT2D eigenvalue weighted by Gasteiger charge is -2.27. The molecule has 0 radical (unpaired) electrons. The van der Waals surface area contributed by atoms with Gasteiger partial charge in [-0.15, -0.1) is 6.42 Å². The number of aromatic nitrogens is 2. The van der Waals surface area contributed by atoms with Crippen LogP contribution in [-0.4, -0.2) is 52.2 Å². The van der Waals surface area contributed by atoms with Crippen LogP contribution in [0.2, 0.25) is 0 Å². The molecule has 34 heavy (non-hydrogen) atoms. The van der Waals surface area contributed by atoms with Crippen LogP contribution in [0.25, 0.3) is 5.69 Å². The second kappa shape index (κ2) is 13.0. The van der Waals surface area contributed by atoms with Crippen LogP contribution in [0, 0.1) is 18.3 Å². The van der Waals surface area contributed by atoms with Crippen molar-refractivity contribution in [2.45, 2.75) is 39.8 Å². The Hall–Kier alpha value is -3.11. The van der Waals surface area contributed by atoms with Crippen molar-refractivity contribution < 1.29 is 14.6 Å². The lowest BCUT2D eigenvalue weighted by Crippen LogP contribution is -2.37. The molecule has 1 aromatic heterocycles. The summed E-state index contributed by atoms with van der Waals surface area (Å²) in [4.78, 5) is 2.23. The van der Waals surface area contributed by atoms with Gasteiger partial charge in [0.15, 0.2) is 0 Å². The molecular formula is C28H35N3O3. The van der Waals surface area contributed by atoms with E-state index in [2.05, 4.69) is 31.6 Å². The molecule has 3 aromatic rings. The predicted molar refractivity (Wildman–Crippen MR) is 135 cm³/mol. The van der Waals surface area contributed by atoms with Crippen LogP contribution < -0.4 is 4.74 Å². The van der Waals surface area contributed by atoms with Gasteiger partial charge in [-0.25, -0.2) is 4.68 Å². The first-order valence-corrected chi connectivity index (χ1v) is 11.8. The molecule has 0 aliphatic rings. The molecule has 1 unspecified atom stereocenters. The molecule has 1 atom stereocenters. The predicted octanol–water partition coefficient (Wildman–Crippen LogP) is 4.70. The summed E-state index contributed by atoms with van der Waals surface area (Å²) >= 11 is 0. The van der Waals surface area contributed by atoms with E-state index in [0.29, 0.717) is 24.9 Å². The summed E-state index contributed by atoms with van der Waals surface area (Å²) in [6.45, 7) is 8.72. The van der Waals surface area contributed by atoms with Crippen molar-refractivity contribution in [3.8, 4) is 29.7 Å². The first-order chi connectivity index (χ1) is 16.5. The highest BCUT2D eigenvalue weighted by Gasteiger charge is 2.24. The first kappa shape index (κ1) is 25.5. The van der Waals surface area contributed by atoms with Gasteiger partial charge < -0.3 is 14.6 Å². The monoisotopic (exact) mass is 461 g/mol. The smallest absolute Gasteiger partial charge is 0.227 e. The van der Waals surface area contributed by atoms with Gasteiger partial charge in [-0.2, -0.15) is 5.10 Å². The molecule has 0 amide bonds. The molecule has 2 aromatic carbocycles. The number of aliphatic hydroxyl groups excluding tert-OH is 1. The Bertz CT molecular complexity index is 1040. The van der Waals surface area contributed by atoms with Gasteiger partial charge in [0.1, 0.15) is 12.4 Å². The number of aryl methyl sites for hydroxylation is 1. The van der Waals surface area contributed by atoms with Crippen molar-refractivity contribution in [1.82, 2.24) is 14.7 Å². The Morgan fingerprint density at radius 3 is 2.35 bits per heavy atom. The number of rotatable bonds is 13. The molecule has 0 spiro atoms. The molecule has 3 rings (SSSR count). The number of hydrogen-bond acceptors (Lipinski definition) is 5. The third-order valence-corrected chi connectivity index (χ3v) is 5.28. The van der Waals surface area contributed by atoms with Gasteiger partial charge in [0.05, 0.1) is 29.7 Å². The lowest BCUT2D eigenvalue weighted by atomic mass is 10.1. The molecule has 0 fully saturated rings. The Morgan fingerprint density at radius 1 is 1.06 bits per heavy atom. The zero-order chi connectivity index (χ0) is 24.3. The molecule has 0 aliphatic carbocycles. The molecule has 180 valence electrons. The molecule has 0 aliphatic heterocycles. The minimum atomic E-state index is -0.639. The van der Waals surface area contributed by atoms with Crippen LogP contribution in [0.15, 0.2) is 60.7 Å². The van der Waals surface area contributed by atoms with Gasteiger partial charge >= 0.3 is 0 Å². The third-order valence-electron chi connectivity index (χ3n) is 5.28. The average molecular weight is 462 g/mol. The van der Waals surface area contributed by atoms with Crippen LogP contribution in [0.4, 0.5) is 0 Å². The van der Waals surface area contributed by atoms with Crippen molar-refractivity contribution >= 4 is 0 Å². The number of para-hydroxylation sites is 2. The number of hydrogen-bond donors (Lipinski definition) is 1. The average Bonchev–Trinajstić information content (AvgIpc) is 3.17. The summed E-state index contributed by atoms with van der Waals surface area (Å²) in [6.07, 6.45) is 5.38. The number of aliphatic hydroxyl groups is 1. The number of ether oxygens (including phenoxy) is 2. The van der Waals surface area contributed by atoms with Gasteiger partial charge in [-0.05, 0) is 36.6 Å². The van der Waals surface area contributed by atoms with Gasteiger partial charge in [0.2, 0.25) is 5.88 Å². The van der Waals surface area contributed by atoms with E-state index in [-0.39, 0.29) is 13.2 Å². The summed E-state index contributed by atoms with van der Waals surface area (Å²) in [5.74, 6) is 4.31. The fourth-order valence-electron chi connectivity index (χ4n) is 3.92. The summed E-state index contributed by atoms with van der Waals surface area (Å²) < 4.78 is 13.7. The van der Waals surface area contributed by atoms with E-state index in [1.807, 2.05) is 65.3 Å². The van der Waals surface area contributed by atoms with E-state index in [9.17, 15) is 5.11 Å². The molecule has 0 bridgehead atoms. The second-order valence-corrected chi connectivity index (χ2v) is 8.71. The third kappa shape index (κ3) is 7.19. The SMILES string of the molecule is C#CCOCC(O)CN(Cc1c(CC)nn(-c2ccccc2)c1Oc1ccccc1)CC(C)C. The summed E-state index contributed by atoms with van der Waals surface area (Å²) in [7, 11) is 0. The molecule has 1 heterocycles. The quantitative estimate of drug-likeness (QED) is 0.295. The fraction of sp³-hybridized carbons (Fsp3) is 0.393. The number of terminal acetylenes is 1. The van der Waals surface area contributed by atoms with Crippen molar-refractivity contribution in [3.05, 3.63) is 71.9 Å². The maximum atomic E-state index is 10.6. The molecule has 0 saturated heterocycles. The highest BCUT2D eigenvalue weighted by Crippen LogP contribution is 2.32. The first-order valence-electron chi connectivity index (χ1n) is 11.8. The van der Waals surface area contributed by atoms with E-state index in [1.54, 1.807) is 0 Å². The van der Waals surface area contributed by atoms with E-state index < -0.39 is 6.10 Å². The van der Waals surface area contributed by atoms with Crippen LogP contribution in [0.3, 0.4) is 0 Å². The minimum Gasteiger partial charge on any atom is -0.439 e. The van der Waals surface area contributed by atoms with Crippen LogP contribution in [-0.2, 0) is 17.7 Å². The highest BCUT2D eigenvalue weighted by atomic mass is 16.5. The maximum Gasteiger partial charge on any atom is 0.227 e. The largest absolute Gasteiger partial charge is 0.439 e. The number of nitrogens with zero attached hydrogens (tertiary/aromatic N) is 3. The molecule has 0 saturated carbocycles. The minimum absolute atomic E-state index is 0.195. The van der Waals surface area contributed by atoms with E-state index >= 15 is 0 Å². The van der Waals surface area contributed by atoms with E-state index in [0.717, 1.165) is 35.7 Å². The second-order valence-electron chi connectivity index (χ2n) is 8.71. The van der Waals surface area contributed by atoms with E-state index in [1.165, 1.54) is 0 Å². The van der Waals surface area contributed by atoms with E-state index in [4.69, 9.17) is 21.0 Å². The highest BCUT2D eigenvalue weighted by molar-refractivity contribution is 5.43. The van der Waals surface area contributed by atoms with Crippen LogP contribution in [0.1, 0.15) is 32.0 Å². The standard InChI is InChI=1S/C28H35N3O3/c1-5-17-33-21-24(32)19-30(18-22(3)4)20-26-27(6-2)29-31(23-13-9-7-10-14-23)28(26)34-25-15-11-8-12-16-25/h1,7-16,22,24,32H,6,17-21H2,2-4H3. The molecular weight excluding hydrogens is 426 g/mol. The zero-order valence-corrected chi connectivity index (χ0v) is 20.4. The van der Waals surface area contributed by atoms with Crippen molar-refractivity contribution in [2.75, 3.05) is 26.3 Å². The van der Waals surface area contributed by atoms with Gasteiger partial charge in [0, 0.05) is 19.6 Å². The maximum absolute atomic E-state index is 10.6. The van der Waals surface area contributed by atoms with Crippen LogP contribution in [0.5, 0.6) is 11.6 Å². The van der Waals surface area contributed by atoms with Crippen molar-refractivity contribution in [2.24, 2.45) is 5.92 Å². The molecule has 6 heteroatoms. The van der Waals surface area contributed by atoms with Crippen molar-refractivity contribution in [3.63, 3.8) is 0 Å². The molecule has 6 nitrogen and oxygen atoms in total. The fourth-order valence-corrected chi connectivity index (χ4v) is 3.92. The Kier molecular flexibility index (Phi) is 9.72. The Morgan fingerprint density at radius 2 is 1.74 bits per heavy atom. The number of benzene rings is 2. The molecule has 1 N–H and O–H groups in total. The van der Waals surface area contributed by atoms with Gasteiger partial charge in [-0.3, -0.25) is 4.90 Å². The zero-order valence-electron chi connectivity index (χ0n) is 20.4. The van der Waals surface area contributed by atoms with Gasteiger partial charge in [-0.1, -0.05) is 63.1 Å². The summed E-state index contributed by atoms with van der Waals surface area (Å²) in [5, 5.41) is 15.5. The normalized spacial score (nSPS) is 12.1. The summed E-state index contributed by atoms with van der Waals surface area (Å²) in [6, 6.07) is 19.8. The summed E-state index contributed by atoms with van der Waals surface area (Å²) in [5.41, 5.74) is 2.93. The lowest BCUT2D eigenvalue weighted by molar-refractivity contribution is 0.0236.